The molecule has 1 aliphatic heterocycles. The minimum absolute atomic E-state index is 0.165. The van der Waals surface area contributed by atoms with Crippen molar-refractivity contribution < 1.29 is 18.3 Å². The van der Waals surface area contributed by atoms with Crippen molar-refractivity contribution in [3.8, 4) is 11.5 Å². The molecule has 4 nitrogen and oxygen atoms in total. The van der Waals surface area contributed by atoms with E-state index in [1.54, 1.807) is 0 Å². The van der Waals surface area contributed by atoms with Gasteiger partial charge in [-0.1, -0.05) is 134 Å². The number of unbranched alkanes of at least 4 members (excludes halogenated alkanes) is 14. The average molecular weight is 914 g/mol. The third-order valence-electron chi connectivity index (χ3n) is 12.3. The number of ether oxygens (including phenoxy) is 2. The number of hydrogen-bond acceptors (Lipinski definition) is 4. The first-order chi connectivity index (χ1) is 28.8. The lowest BCUT2D eigenvalue weighted by Crippen LogP contribution is -2.41. The Kier molecular flexibility index (Phi) is 29.2. The number of benzene rings is 1. The van der Waals surface area contributed by atoms with Gasteiger partial charge in [-0.3, -0.25) is 0 Å². The van der Waals surface area contributed by atoms with Crippen LogP contribution in [0.15, 0.2) is 53.2 Å². The lowest BCUT2D eigenvalue weighted by molar-refractivity contribution is -0.0312. The van der Waals surface area contributed by atoms with Crippen molar-refractivity contribution in [2.75, 3.05) is 11.9 Å². The zero-order valence-corrected chi connectivity index (χ0v) is 43.4. The van der Waals surface area contributed by atoms with E-state index in [-0.39, 0.29) is 11.9 Å². The first kappa shape index (κ1) is 54.5. The molecular weight excluding hydrogens is 821 g/mol. The lowest BCUT2D eigenvalue weighted by Gasteiger charge is -2.37. The molecule has 6 heteroatoms. The molecule has 0 saturated carbocycles. The number of allylic oxidation sites excluding steroid dienone is 8. The second-order valence-electron chi connectivity index (χ2n) is 19.1. The van der Waals surface area contributed by atoms with Gasteiger partial charge in [-0.05, 0) is 181 Å². The van der Waals surface area contributed by atoms with Gasteiger partial charge in [0.2, 0.25) is 0 Å². The van der Waals surface area contributed by atoms with Gasteiger partial charge in [0.05, 0.1) is 0 Å². The van der Waals surface area contributed by atoms with Crippen molar-refractivity contribution in [1.82, 2.24) is 0 Å². The van der Waals surface area contributed by atoms with Crippen molar-refractivity contribution >= 4 is 24.5 Å². The van der Waals surface area contributed by atoms with Crippen molar-refractivity contribution in [3.63, 3.8) is 0 Å². The van der Waals surface area contributed by atoms with Crippen LogP contribution in [0.2, 0.25) is 13.1 Å². The molecule has 2 atom stereocenters. The molecule has 344 valence electrons. The molecule has 0 fully saturated rings. The van der Waals surface area contributed by atoms with E-state index < -0.39 is 8.56 Å². The molecule has 60 heavy (non-hydrogen) atoms. The van der Waals surface area contributed by atoms with Crippen molar-refractivity contribution in [3.05, 3.63) is 69.9 Å². The second-order valence-corrected chi connectivity index (χ2v) is 23.2. The van der Waals surface area contributed by atoms with E-state index in [1.165, 1.54) is 124 Å². The molecule has 0 radical (unpaired) electrons. The molecule has 1 aromatic rings. The van der Waals surface area contributed by atoms with E-state index in [2.05, 4.69) is 121 Å². The Morgan fingerprint density at radius 2 is 1.33 bits per heavy atom. The van der Waals surface area contributed by atoms with Gasteiger partial charge in [0.1, 0.15) is 17.1 Å². The van der Waals surface area contributed by atoms with E-state index in [0.717, 1.165) is 99.6 Å². The van der Waals surface area contributed by atoms with Crippen molar-refractivity contribution in [1.29, 1.82) is 0 Å². The second kappa shape index (κ2) is 32.1. The summed E-state index contributed by atoms with van der Waals surface area (Å²) in [6, 6.07) is 2.26. The Hall–Kier alpha value is -1.60. The highest BCUT2D eigenvalue weighted by molar-refractivity contribution is 9.09. The van der Waals surface area contributed by atoms with Crippen LogP contribution >= 0.6 is 15.9 Å². The highest BCUT2D eigenvalue weighted by atomic mass is 79.9. The third kappa shape index (κ3) is 24.9. The molecule has 0 spiro atoms. The summed E-state index contributed by atoms with van der Waals surface area (Å²) < 4.78 is 27.1. The number of rotatable bonds is 35. The molecular formula is C54H93BrO4Si. The summed E-state index contributed by atoms with van der Waals surface area (Å²) in [6.45, 7) is 23.1. The maximum absolute atomic E-state index is 6.91. The molecule has 0 aliphatic carbocycles. The molecule has 0 bridgehead atoms. The van der Waals surface area contributed by atoms with Crippen molar-refractivity contribution in [2.24, 2.45) is 0 Å². The zero-order valence-electron chi connectivity index (χ0n) is 40.9. The SMILES string of the molecule is CCCCCCCC/C=C\CCCCCCCC(Oc1cc2c(c(C)c1C)OC(C)(CC/C=C(\C)CC/C=C(\C)CCC=C(C)C)CC2)O[Si](C)(C)OCCCCCCBr. The maximum atomic E-state index is 6.91. The van der Waals surface area contributed by atoms with Gasteiger partial charge >= 0.3 is 8.56 Å². The molecule has 0 N–H and O–H groups in total. The van der Waals surface area contributed by atoms with Crippen LogP contribution in [0.1, 0.15) is 219 Å². The van der Waals surface area contributed by atoms with Gasteiger partial charge in [-0.25, -0.2) is 0 Å². The average Bonchev–Trinajstić information content (AvgIpc) is 3.19. The van der Waals surface area contributed by atoms with E-state index in [0.29, 0.717) is 0 Å². The standard InChI is InChI=1S/C54H93BrO4Si/c1-11-12-13-14-15-16-17-18-19-20-21-22-23-24-27-38-52(59-60(9,10)56-43-29-26-25-28-42-55)57-51-44-50-39-41-54(8,58-53(50)49(7)48(51)6)40-32-37-47(5)36-31-35-46(4)34-30-33-45(2)3/h18-19,33,35,37,44,52H,11-17,20-32,34,36,38-43H2,1-10H3/b19-18-,46-35+,47-37+. The molecule has 0 amide bonds. The Balaban J connectivity index is 1.96. The Morgan fingerprint density at radius 3 is 1.98 bits per heavy atom. The molecule has 1 aliphatic rings. The number of fused-ring (bicyclic) bond motifs is 1. The summed E-state index contributed by atoms with van der Waals surface area (Å²) in [5.41, 5.74) is 7.85. The number of aryl methyl sites for hydroxylation is 1. The lowest BCUT2D eigenvalue weighted by atomic mass is 9.86. The van der Waals surface area contributed by atoms with Crippen LogP contribution in [0, 0.1) is 13.8 Å². The van der Waals surface area contributed by atoms with Gasteiger partial charge in [0.15, 0.2) is 6.29 Å². The summed E-state index contributed by atoms with van der Waals surface area (Å²) in [4.78, 5) is 0. The fourth-order valence-electron chi connectivity index (χ4n) is 8.10. The van der Waals surface area contributed by atoms with Crippen LogP contribution in [0.4, 0.5) is 0 Å². The third-order valence-corrected chi connectivity index (χ3v) is 14.6. The highest BCUT2D eigenvalue weighted by Crippen LogP contribution is 2.43. The number of hydrogen-bond donors (Lipinski definition) is 0. The highest BCUT2D eigenvalue weighted by Gasteiger charge is 2.34. The Morgan fingerprint density at radius 1 is 0.750 bits per heavy atom. The molecule has 1 heterocycles. The maximum Gasteiger partial charge on any atom is 0.334 e. The zero-order chi connectivity index (χ0) is 44.1. The number of halogens is 1. The molecule has 2 unspecified atom stereocenters. The Labute approximate surface area is 381 Å². The Bertz CT molecular complexity index is 1420. The minimum atomic E-state index is -2.39. The summed E-state index contributed by atoms with van der Waals surface area (Å²) in [7, 11) is -2.39. The molecule has 0 saturated heterocycles. The van der Waals surface area contributed by atoms with Crippen molar-refractivity contribution in [2.45, 2.75) is 247 Å². The minimum Gasteiger partial charge on any atom is -0.487 e. The van der Waals surface area contributed by atoms with Crippen LogP contribution in [0.25, 0.3) is 0 Å². The van der Waals surface area contributed by atoms with E-state index in [9.17, 15) is 0 Å². The normalized spacial score (nSPS) is 16.6. The predicted molar refractivity (Wildman–Crippen MR) is 269 cm³/mol. The quantitative estimate of drug-likeness (QED) is 0.0224. The summed E-state index contributed by atoms with van der Waals surface area (Å²) in [5, 5.41) is 1.08. The van der Waals surface area contributed by atoms with E-state index in [1.807, 2.05) is 0 Å². The van der Waals surface area contributed by atoms with Gasteiger partial charge in [-0.2, -0.15) is 0 Å². The largest absolute Gasteiger partial charge is 0.487 e. The monoisotopic (exact) mass is 913 g/mol. The predicted octanol–water partition coefficient (Wildman–Crippen LogP) is 18.0. The summed E-state index contributed by atoms with van der Waals surface area (Å²) in [6.07, 6.45) is 42.9. The topological polar surface area (TPSA) is 36.9 Å². The van der Waals surface area contributed by atoms with Gasteiger partial charge in [0.25, 0.3) is 0 Å². The van der Waals surface area contributed by atoms with Crippen LogP contribution in [0.5, 0.6) is 11.5 Å². The van der Waals surface area contributed by atoms with Crippen LogP contribution in [0.3, 0.4) is 0 Å². The molecule has 0 aromatic heterocycles. The van der Waals surface area contributed by atoms with Gasteiger partial charge < -0.3 is 18.3 Å². The van der Waals surface area contributed by atoms with Crippen LogP contribution in [-0.2, 0) is 15.3 Å². The first-order valence-corrected chi connectivity index (χ1v) is 28.7. The smallest absolute Gasteiger partial charge is 0.334 e. The van der Waals surface area contributed by atoms with Gasteiger partial charge in [-0.15, -0.1) is 0 Å². The number of alkyl halides is 1. The first-order valence-electron chi connectivity index (χ1n) is 24.7. The summed E-state index contributed by atoms with van der Waals surface area (Å²) in [5.74, 6) is 2.01. The van der Waals surface area contributed by atoms with E-state index >= 15 is 0 Å². The van der Waals surface area contributed by atoms with E-state index in [4.69, 9.17) is 18.3 Å². The van der Waals surface area contributed by atoms with Crippen LogP contribution in [-0.4, -0.2) is 32.4 Å². The van der Waals surface area contributed by atoms with Crippen LogP contribution < -0.4 is 9.47 Å². The fourth-order valence-corrected chi connectivity index (χ4v) is 10.00. The summed E-state index contributed by atoms with van der Waals surface area (Å²) >= 11 is 3.56. The van der Waals surface area contributed by atoms with Gasteiger partial charge in [0, 0.05) is 18.4 Å². The molecule has 2 rings (SSSR count). The fraction of sp³-hybridized carbons (Fsp3) is 0.741. The molecule has 1 aromatic carbocycles.